The molecule has 0 saturated carbocycles. The minimum atomic E-state index is 0.192. The predicted octanol–water partition coefficient (Wildman–Crippen LogP) is 2.52. The lowest BCUT2D eigenvalue weighted by atomic mass is 10.1. The molecule has 2 aliphatic rings. The van der Waals surface area contributed by atoms with Crippen LogP contribution in [-0.2, 0) is 0 Å². The van der Waals surface area contributed by atoms with Gasteiger partial charge in [0.15, 0.2) is 5.13 Å². The highest BCUT2D eigenvalue weighted by Gasteiger charge is 2.39. The number of fused-ring (bicyclic) bond motifs is 2. The third-order valence-corrected chi connectivity index (χ3v) is 5.92. The van der Waals surface area contributed by atoms with E-state index in [1.165, 1.54) is 0 Å². The van der Waals surface area contributed by atoms with Gasteiger partial charge in [-0.1, -0.05) is 0 Å². The first-order valence-corrected chi connectivity index (χ1v) is 9.17. The van der Waals surface area contributed by atoms with Crippen LogP contribution in [0.1, 0.15) is 41.0 Å². The molecule has 2 aromatic heterocycles. The summed E-state index contributed by atoms with van der Waals surface area (Å²) in [6.07, 6.45) is 5.13. The lowest BCUT2D eigenvalue weighted by Crippen LogP contribution is -2.42. The highest BCUT2D eigenvalue weighted by Crippen LogP contribution is 2.31. The average Bonchev–Trinajstić information content (AvgIpc) is 3.17. The van der Waals surface area contributed by atoms with Crippen LogP contribution in [0.25, 0.3) is 5.13 Å². The standard InChI is InChI=1S/C17H22N4OS/c1-11-9-15(12(2)20(11)17-19-7-8-23-17)16(22)21-13-3-4-14(21)10-18-6-5-13/h7-9,13-14,18H,3-6,10H2,1-2H3. The summed E-state index contributed by atoms with van der Waals surface area (Å²) in [7, 11) is 0. The number of thiazole rings is 1. The Kier molecular flexibility index (Phi) is 3.73. The van der Waals surface area contributed by atoms with Crippen molar-refractivity contribution in [2.24, 2.45) is 0 Å². The second-order valence-electron chi connectivity index (χ2n) is 6.53. The van der Waals surface area contributed by atoms with Crippen LogP contribution in [0.3, 0.4) is 0 Å². The molecule has 4 rings (SSSR count). The molecule has 0 spiro atoms. The Balaban J connectivity index is 1.71. The number of carbonyl (C=O) groups excluding carboxylic acids is 1. The Morgan fingerprint density at radius 3 is 2.91 bits per heavy atom. The number of hydrogen-bond donors (Lipinski definition) is 1. The zero-order chi connectivity index (χ0) is 16.0. The molecule has 23 heavy (non-hydrogen) atoms. The minimum Gasteiger partial charge on any atom is -0.331 e. The molecular weight excluding hydrogens is 308 g/mol. The van der Waals surface area contributed by atoms with Gasteiger partial charge in [0.2, 0.25) is 0 Å². The molecule has 1 N–H and O–H groups in total. The Bertz CT molecular complexity index is 707. The molecule has 2 bridgehead atoms. The van der Waals surface area contributed by atoms with E-state index in [2.05, 4.69) is 19.8 Å². The van der Waals surface area contributed by atoms with Gasteiger partial charge in [-0.25, -0.2) is 4.98 Å². The van der Waals surface area contributed by atoms with E-state index in [4.69, 9.17) is 0 Å². The number of nitrogens with zero attached hydrogens (tertiary/aromatic N) is 3. The number of aryl methyl sites for hydroxylation is 1. The first-order chi connectivity index (χ1) is 11.2. The van der Waals surface area contributed by atoms with Gasteiger partial charge in [0.05, 0.1) is 5.56 Å². The van der Waals surface area contributed by atoms with Gasteiger partial charge in [0.25, 0.3) is 5.91 Å². The fourth-order valence-electron chi connectivity index (χ4n) is 4.05. The molecule has 1 amide bonds. The zero-order valence-corrected chi connectivity index (χ0v) is 14.4. The molecule has 5 nitrogen and oxygen atoms in total. The molecule has 0 aromatic carbocycles. The van der Waals surface area contributed by atoms with Crippen LogP contribution in [0.15, 0.2) is 17.6 Å². The quantitative estimate of drug-likeness (QED) is 0.920. The average molecular weight is 330 g/mol. The molecule has 4 heterocycles. The first kappa shape index (κ1) is 14.9. The van der Waals surface area contributed by atoms with Gasteiger partial charge < -0.3 is 10.2 Å². The normalized spacial score (nSPS) is 24.0. The molecule has 2 fully saturated rings. The zero-order valence-electron chi connectivity index (χ0n) is 13.6. The van der Waals surface area contributed by atoms with E-state index in [1.54, 1.807) is 17.5 Å². The molecule has 2 atom stereocenters. The van der Waals surface area contributed by atoms with Gasteiger partial charge >= 0.3 is 0 Å². The highest BCUT2D eigenvalue weighted by molar-refractivity contribution is 7.12. The molecule has 2 aromatic rings. The van der Waals surface area contributed by atoms with E-state index >= 15 is 0 Å². The molecule has 2 saturated heterocycles. The molecule has 6 heteroatoms. The summed E-state index contributed by atoms with van der Waals surface area (Å²) >= 11 is 1.60. The van der Waals surface area contributed by atoms with E-state index < -0.39 is 0 Å². The van der Waals surface area contributed by atoms with E-state index in [9.17, 15) is 4.79 Å². The molecule has 0 radical (unpaired) electrons. The molecular formula is C17H22N4OS. The van der Waals surface area contributed by atoms with Crippen molar-refractivity contribution in [3.05, 3.63) is 34.6 Å². The lowest BCUT2D eigenvalue weighted by Gasteiger charge is -2.28. The summed E-state index contributed by atoms with van der Waals surface area (Å²) in [4.78, 5) is 19.8. The van der Waals surface area contributed by atoms with Gasteiger partial charge in [0, 0.05) is 41.6 Å². The number of rotatable bonds is 2. The fourth-order valence-corrected chi connectivity index (χ4v) is 4.80. The van der Waals surface area contributed by atoms with Crippen LogP contribution in [0.2, 0.25) is 0 Å². The van der Waals surface area contributed by atoms with Crippen LogP contribution >= 0.6 is 11.3 Å². The number of hydrogen-bond acceptors (Lipinski definition) is 4. The number of nitrogens with one attached hydrogen (secondary N) is 1. The summed E-state index contributed by atoms with van der Waals surface area (Å²) in [5.74, 6) is 0.192. The lowest BCUT2D eigenvalue weighted by molar-refractivity contribution is 0.0679. The molecule has 2 unspecified atom stereocenters. The summed E-state index contributed by atoms with van der Waals surface area (Å²) in [6, 6.07) is 2.76. The van der Waals surface area contributed by atoms with E-state index in [1.807, 2.05) is 25.3 Å². The van der Waals surface area contributed by atoms with Crippen molar-refractivity contribution in [1.82, 2.24) is 19.8 Å². The summed E-state index contributed by atoms with van der Waals surface area (Å²) in [5, 5.41) is 6.36. The highest BCUT2D eigenvalue weighted by atomic mass is 32.1. The maximum absolute atomic E-state index is 13.2. The van der Waals surface area contributed by atoms with Gasteiger partial charge in [0.1, 0.15) is 0 Å². The van der Waals surface area contributed by atoms with Crippen LogP contribution in [0.4, 0.5) is 0 Å². The van der Waals surface area contributed by atoms with E-state index in [0.29, 0.717) is 12.1 Å². The molecule has 2 aliphatic heterocycles. The van der Waals surface area contributed by atoms with Gasteiger partial charge in [-0.15, -0.1) is 11.3 Å². The van der Waals surface area contributed by atoms with Gasteiger partial charge in [-0.3, -0.25) is 9.36 Å². The Hall–Kier alpha value is -1.66. The Morgan fingerprint density at radius 1 is 1.30 bits per heavy atom. The topological polar surface area (TPSA) is 50.2 Å². The summed E-state index contributed by atoms with van der Waals surface area (Å²) in [5.41, 5.74) is 2.90. The van der Waals surface area contributed by atoms with Gasteiger partial charge in [-0.2, -0.15) is 0 Å². The maximum Gasteiger partial charge on any atom is 0.256 e. The summed E-state index contributed by atoms with van der Waals surface area (Å²) < 4.78 is 2.09. The predicted molar refractivity (Wildman–Crippen MR) is 91.4 cm³/mol. The fraction of sp³-hybridized carbons (Fsp3) is 0.529. The van der Waals surface area contributed by atoms with Crippen molar-refractivity contribution >= 4 is 17.2 Å². The summed E-state index contributed by atoms with van der Waals surface area (Å²) in [6.45, 7) is 6.01. The van der Waals surface area contributed by atoms with E-state index in [0.717, 1.165) is 54.4 Å². The van der Waals surface area contributed by atoms with Crippen molar-refractivity contribution in [1.29, 1.82) is 0 Å². The SMILES string of the molecule is Cc1cc(C(=O)N2C3CCNCC2CC3)c(C)n1-c1nccs1. The molecule has 122 valence electrons. The van der Waals surface area contributed by atoms with Crippen LogP contribution < -0.4 is 5.32 Å². The van der Waals surface area contributed by atoms with Crippen LogP contribution in [0.5, 0.6) is 0 Å². The van der Waals surface area contributed by atoms with Crippen LogP contribution in [0, 0.1) is 13.8 Å². The Morgan fingerprint density at radius 2 is 2.13 bits per heavy atom. The van der Waals surface area contributed by atoms with Gasteiger partial charge in [-0.05, 0) is 45.7 Å². The van der Waals surface area contributed by atoms with Crippen LogP contribution in [-0.4, -0.2) is 45.5 Å². The third-order valence-electron chi connectivity index (χ3n) is 5.16. The van der Waals surface area contributed by atoms with Crippen molar-refractivity contribution in [2.45, 2.75) is 45.2 Å². The minimum absolute atomic E-state index is 0.192. The van der Waals surface area contributed by atoms with E-state index in [-0.39, 0.29) is 5.91 Å². The largest absolute Gasteiger partial charge is 0.331 e. The monoisotopic (exact) mass is 330 g/mol. The smallest absolute Gasteiger partial charge is 0.256 e. The first-order valence-electron chi connectivity index (χ1n) is 8.29. The Labute approximate surface area is 140 Å². The maximum atomic E-state index is 13.2. The van der Waals surface area contributed by atoms with Crippen molar-refractivity contribution in [3.8, 4) is 5.13 Å². The molecule has 0 aliphatic carbocycles. The number of carbonyl (C=O) groups is 1. The number of amides is 1. The van der Waals surface area contributed by atoms with Crippen molar-refractivity contribution in [2.75, 3.05) is 13.1 Å². The van der Waals surface area contributed by atoms with Crippen molar-refractivity contribution in [3.63, 3.8) is 0 Å². The second kappa shape index (κ2) is 5.76. The second-order valence-corrected chi connectivity index (χ2v) is 7.40. The van der Waals surface area contributed by atoms with Crippen molar-refractivity contribution < 1.29 is 4.79 Å². The number of aromatic nitrogens is 2. The third kappa shape index (κ3) is 2.40.